The lowest BCUT2D eigenvalue weighted by atomic mass is 9.81. The summed E-state index contributed by atoms with van der Waals surface area (Å²) in [6, 6.07) is 0. The van der Waals surface area contributed by atoms with E-state index in [2.05, 4.69) is 0 Å². The monoisotopic (exact) mass is 268 g/mol. The van der Waals surface area contributed by atoms with Crippen LogP contribution in [0.1, 0.15) is 33.6 Å². The quantitative estimate of drug-likeness (QED) is 0.718. The topological polar surface area (TPSA) is 43.4 Å². The molecule has 0 aliphatic carbocycles. The second kappa shape index (κ2) is 5.23. The van der Waals surface area contributed by atoms with Crippen LogP contribution in [0.25, 0.3) is 0 Å². The number of hydrogen-bond acceptors (Lipinski definition) is 3. The van der Waals surface area contributed by atoms with Gasteiger partial charge in [-0.3, -0.25) is 0 Å². The molecule has 0 spiro atoms. The van der Waals surface area contributed by atoms with Gasteiger partial charge in [-0.15, -0.1) is 11.6 Å². The van der Waals surface area contributed by atoms with E-state index in [4.69, 9.17) is 16.3 Å². The third kappa shape index (κ3) is 2.90. The van der Waals surface area contributed by atoms with Crippen LogP contribution in [-0.4, -0.2) is 38.0 Å². The molecule has 2 atom stereocenters. The molecule has 0 radical (unpaired) electrons. The Kier molecular flexibility index (Phi) is 4.66. The van der Waals surface area contributed by atoms with Crippen molar-refractivity contribution < 1.29 is 13.2 Å². The summed E-state index contributed by atoms with van der Waals surface area (Å²) in [5, 5.41) is -0.308. The maximum Gasteiger partial charge on any atom is 0.152 e. The fourth-order valence-electron chi connectivity index (χ4n) is 1.97. The fourth-order valence-corrected chi connectivity index (χ4v) is 3.62. The molecule has 0 aromatic heterocycles. The Labute approximate surface area is 103 Å². The highest BCUT2D eigenvalue weighted by molar-refractivity contribution is 7.91. The molecule has 1 saturated heterocycles. The van der Waals surface area contributed by atoms with Crippen molar-refractivity contribution in [2.45, 2.75) is 45.0 Å². The summed E-state index contributed by atoms with van der Waals surface area (Å²) >= 11 is 5.99. The van der Waals surface area contributed by atoms with Gasteiger partial charge in [-0.25, -0.2) is 8.42 Å². The Morgan fingerprint density at radius 3 is 2.50 bits per heavy atom. The maximum atomic E-state index is 11.8. The minimum atomic E-state index is -2.97. The molecule has 0 N–H and O–H groups in total. The smallest absolute Gasteiger partial charge is 0.152 e. The molecule has 1 aliphatic heterocycles. The summed E-state index contributed by atoms with van der Waals surface area (Å²) in [4.78, 5) is 0. The van der Waals surface area contributed by atoms with Crippen molar-refractivity contribution in [1.29, 1.82) is 0 Å². The summed E-state index contributed by atoms with van der Waals surface area (Å²) in [6.45, 7) is 6.11. The van der Waals surface area contributed by atoms with Crippen molar-refractivity contribution in [2.24, 2.45) is 5.41 Å². The van der Waals surface area contributed by atoms with Gasteiger partial charge in [0.05, 0.1) is 17.1 Å². The molecule has 0 saturated carbocycles. The van der Waals surface area contributed by atoms with Gasteiger partial charge in [0.25, 0.3) is 0 Å². The third-order valence-corrected chi connectivity index (χ3v) is 6.44. The van der Waals surface area contributed by atoms with Crippen LogP contribution in [0.5, 0.6) is 0 Å². The van der Waals surface area contributed by atoms with Gasteiger partial charge >= 0.3 is 0 Å². The summed E-state index contributed by atoms with van der Waals surface area (Å²) in [6.07, 6.45) is 1.54. The van der Waals surface area contributed by atoms with E-state index < -0.39 is 9.84 Å². The van der Waals surface area contributed by atoms with E-state index >= 15 is 0 Å². The third-order valence-electron chi connectivity index (χ3n) is 3.70. The molecule has 0 amide bonds. The Morgan fingerprint density at radius 2 is 2.12 bits per heavy atom. The largest absolute Gasteiger partial charge is 0.378 e. The van der Waals surface area contributed by atoms with Gasteiger partial charge < -0.3 is 4.74 Å². The van der Waals surface area contributed by atoms with Crippen LogP contribution >= 0.6 is 11.6 Å². The first kappa shape index (κ1) is 14.3. The van der Waals surface area contributed by atoms with Gasteiger partial charge in [0.2, 0.25) is 0 Å². The number of sulfone groups is 1. The van der Waals surface area contributed by atoms with Crippen LogP contribution < -0.4 is 0 Å². The summed E-state index contributed by atoms with van der Waals surface area (Å²) in [5.74, 6) is 0.687. The zero-order valence-electron chi connectivity index (χ0n) is 10.2. The Bertz CT molecular complexity index is 326. The zero-order chi connectivity index (χ0) is 12.4. The van der Waals surface area contributed by atoms with Crippen LogP contribution in [0.3, 0.4) is 0 Å². The first-order valence-corrected chi connectivity index (χ1v) is 7.98. The molecule has 3 nitrogen and oxygen atoms in total. The number of ether oxygens (including phenoxy) is 1. The van der Waals surface area contributed by atoms with E-state index in [1.165, 1.54) is 0 Å². The molecular formula is C11H21ClO3S. The van der Waals surface area contributed by atoms with Crippen LogP contribution in [0.4, 0.5) is 0 Å². The highest BCUT2D eigenvalue weighted by Gasteiger charge is 2.41. The molecule has 1 aliphatic rings. The second-order valence-electron chi connectivity index (χ2n) is 4.92. The molecule has 16 heavy (non-hydrogen) atoms. The average molecular weight is 269 g/mol. The van der Waals surface area contributed by atoms with Crippen molar-refractivity contribution in [2.75, 3.05) is 18.2 Å². The maximum absolute atomic E-state index is 11.8. The minimum absolute atomic E-state index is 0.0624. The van der Waals surface area contributed by atoms with Gasteiger partial charge in [-0.1, -0.05) is 0 Å². The molecule has 1 rings (SSSR count). The van der Waals surface area contributed by atoms with Gasteiger partial charge in [0.15, 0.2) is 9.84 Å². The SMILES string of the molecule is CC1OCCC1(CCl)CCS(=O)(=O)C(C)C. The first-order chi connectivity index (χ1) is 7.34. The van der Waals surface area contributed by atoms with E-state index in [1.807, 2.05) is 6.92 Å². The summed E-state index contributed by atoms with van der Waals surface area (Å²) in [5.41, 5.74) is -0.149. The summed E-state index contributed by atoms with van der Waals surface area (Å²) in [7, 11) is -2.97. The van der Waals surface area contributed by atoms with Crippen molar-refractivity contribution >= 4 is 21.4 Å². The number of hydrogen-bond donors (Lipinski definition) is 0. The molecule has 0 aromatic carbocycles. The van der Waals surface area contributed by atoms with Crippen molar-refractivity contribution in [3.63, 3.8) is 0 Å². The summed E-state index contributed by atoms with van der Waals surface area (Å²) < 4.78 is 29.0. The molecule has 0 aromatic rings. The predicted molar refractivity (Wildman–Crippen MR) is 66.7 cm³/mol. The predicted octanol–water partition coefficient (Wildman–Crippen LogP) is 2.23. The lowest BCUT2D eigenvalue weighted by Gasteiger charge is -2.30. The number of alkyl halides is 1. The Hall–Kier alpha value is 0.200. The molecule has 2 unspecified atom stereocenters. The van der Waals surface area contributed by atoms with Crippen LogP contribution in [-0.2, 0) is 14.6 Å². The Morgan fingerprint density at radius 1 is 1.50 bits per heavy atom. The lowest BCUT2D eigenvalue weighted by Crippen LogP contribution is -2.34. The molecular weight excluding hydrogens is 248 g/mol. The molecule has 1 heterocycles. The minimum Gasteiger partial charge on any atom is -0.378 e. The van der Waals surface area contributed by atoms with E-state index in [-0.39, 0.29) is 22.5 Å². The highest BCUT2D eigenvalue weighted by Crippen LogP contribution is 2.39. The van der Waals surface area contributed by atoms with Crippen LogP contribution in [0, 0.1) is 5.41 Å². The molecule has 96 valence electrons. The highest BCUT2D eigenvalue weighted by atomic mass is 35.5. The van der Waals surface area contributed by atoms with E-state index in [0.29, 0.717) is 18.9 Å². The average Bonchev–Trinajstić information content (AvgIpc) is 2.58. The van der Waals surface area contributed by atoms with Gasteiger partial charge in [0, 0.05) is 17.9 Å². The number of rotatable bonds is 5. The second-order valence-corrected chi connectivity index (χ2v) is 7.87. The van der Waals surface area contributed by atoms with Gasteiger partial charge in [0.1, 0.15) is 0 Å². The Balaban J connectivity index is 2.66. The first-order valence-electron chi connectivity index (χ1n) is 5.73. The standard InChI is InChI=1S/C11H21ClO3S/c1-9(2)16(13,14)7-5-11(8-12)4-6-15-10(11)3/h9-10H,4-8H2,1-3H3. The van der Waals surface area contributed by atoms with Crippen molar-refractivity contribution in [3.8, 4) is 0 Å². The van der Waals surface area contributed by atoms with Gasteiger partial charge in [-0.2, -0.15) is 0 Å². The van der Waals surface area contributed by atoms with Crippen LogP contribution in [0.2, 0.25) is 0 Å². The molecule has 1 fully saturated rings. The molecule has 5 heteroatoms. The fraction of sp³-hybridized carbons (Fsp3) is 1.00. The van der Waals surface area contributed by atoms with Crippen molar-refractivity contribution in [3.05, 3.63) is 0 Å². The zero-order valence-corrected chi connectivity index (χ0v) is 11.8. The van der Waals surface area contributed by atoms with Crippen molar-refractivity contribution in [1.82, 2.24) is 0 Å². The lowest BCUT2D eigenvalue weighted by molar-refractivity contribution is 0.0721. The van der Waals surface area contributed by atoms with Gasteiger partial charge in [-0.05, 0) is 33.6 Å². The van der Waals surface area contributed by atoms with E-state index in [9.17, 15) is 8.42 Å². The number of halogens is 1. The van der Waals surface area contributed by atoms with E-state index in [0.717, 1.165) is 6.42 Å². The molecule has 0 bridgehead atoms. The van der Waals surface area contributed by atoms with E-state index in [1.54, 1.807) is 13.8 Å². The van der Waals surface area contributed by atoms with Crippen LogP contribution in [0.15, 0.2) is 0 Å². The normalized spacial score (nSPS) is 31.2.